The third-order valence-electron chi connectivity index (χ3n) is 10.7. The Labute approximate surface area is 301 Å². The molecule has 1 aromatic heterocycles. The second-order valence-electron chi connectivity index (χ2n) is 13.8. The molecular formula is C43H51IrN2O2-. The van der Waals surface area contributed by atoms with Crippen molar-refractivity contribution in [2.75, 3.05) is 0 Å². The molecule has 1 heterocycles. The minimum atomic E-state index is -0.337. The van der Waals surface area contributed by atoms with Crippen LogP contribution >= 0.6 is 0 Å². The molecule has 0 unspecified atom stereocenters. The fourth-order valence-electron chi connectivity index (χ4n) is 5.89. The minimum absolute atomic E-state index is 0. The van der Waals surface area contributed by atoms with Crippen LogP contribution in [-0.2, 0) is 30.3 Å². The molecule has 0 aliphatic carbocycles. The Balaban J connectivity index is 0.000000301. The van der Waals surface area contributed by atoms with Gasteiger partial charge in [0.05, 0.1) is 5.52 Å². The smallest absolute Gasteiger partial charge is 0.164 e. The molecule has 5 heteroatoms. The summed E-state index contributed by atoms with van der Waals surface area (Å²) >= 11 is 0. The molecule has 48 heavy (non-hydrogen) atoms. The molecule has 0 aliphatic rings. The van der Waals surface area contributed by atoms with Gasteiger partial charge in [0, 0.05) is 42.4 Å². The summed E-state index contributed by atoms with van der Waals surface area (Å²) in [6.07, 6.45) is 6.42. The molecule has 5 aromatic rings. The Morgan fingerprint density at radius 3 is 2.02 bits per heavy atom. The standard InChI is InChI=1S/C28H23N2.C15H28O2.Ir/c1-19-12-14-24-20(16-19)13-15-25-26(29-18-30-27(24)25)21-8-7-11-23(17-21)28(2,3)22-9-5-4-6-10-22;1-7-14(5,8-2)12(16)11-13(17)15(6,9-3)10-4;/h4-7,9-18H,1-3H3;11,16H,7-10H2,1-6H3;/q-1;;/b;12-11-;. The van der Waals surface area contributed by atoms with Gasteiger partial charge in [0.25, 0.3) is 0 Å². The number of hydrogen-bond acceptors (Lipinski definition) is 4. The van der Waals surface area contributed by atoms with Crippen molar-refractivity contribution in [1.29, 1.82) is 0 Å². The van der Waals surface area contributed by atoms with E-state index < -0.39 is 0 Å². The van der Waals surface area contributed by atoms with Crippen molar-refractivity contribution >= 4 is 27.5 Å². The number of nitrogens with zero attached hydrogens (tertiary/aromatic N) is 2. The summed E-state index contributed by atoms with van der Waals surface area (Å²) in [4.78, 5) is 21.5. The zero-order valence-corrected chi connectivity index (χ0v) is 32.5. The van der Waals surface area contributed by atoms with E-state index in [1.165, 1.54) is 28.2 Å². The van der Waals surface area contributed by atoms with E-state index in [1.54, 1.807) is 6.33 Å². The van der Waals surface area contributed by atoms with Crippen LogP contribution in [0.2, 0.25) is 0 Å². The van der Waals surface area contributed by atoms with E-state index in [-0.39, 0.29) is 47.9 Å². The molecule has 1 N–H and O–H groups in total. The number of fused-ring (bicyclic) bond motifs is 3. The molecule has 0 saturated carbocycles. The number of aliphatic hydroxyl groups is 1. The maximum absolute atomic E-state index is 12.2. The van der Waals surface area contributed by atoms with E-state index in [9.17, 15) is 9.90 Å². The van der Waals surface area contributed by atoms with Crippen LogP contribution in [0.25, 0.3) is 32.9 Å². The maximum Gasteiger partial charge on any atom is 0.164 e. The number of carbonyl (C=O) groups is 1. The maximum atomic E-state index is 12.2. The van der Waals surface area contributed by atoms with Crippen molar-refractivity contribution in [3.63, 3.8) is 0 Å². The molecule has 1 radical (unpaired) electrons. The van der Waals surface area contributed by atoms with Gasteiger partial charge in [-0.15, -0.1) is 35.4 Å². The monoisotopic (exact) mass is 820 g/mol. The molecule has 0 bridgehead atoms. The fraction of sp³-hybridized carbons (Fsp3) is 0.372. The van der Waals surface area contributed by atoms with Crippen molar-refractivity contribution in [1.82, 2.24) is 9.97 Å². The van der Waals surface area contributed by atoms with E-state index in [4.69, 9.17) is 0 Å². The Kier molecular flexibility index (Phi) is 13.1. The molecule has 0 atom stereocenters. The SMILES string of the molecule is CCC(C)(CC)C(=O)/C=C(\O)C(C)(CC)CC.Cc1ccc2c(ccc3c(-c4[c-]ccc(C(C)(C)c5ccccc5)c4)ncnc32)c1.[Ir]. The van der Waals surface area contributed by atoms with Gasteiger partial charge in [-0.25, -0.2) is 4.98 Å². The number of allylic oxidation sites excluding steroid dienone is 2. The van der Waals surface area contributed by atoms with Crippen molar-refractivity contribution in [3.8, 4) is 11.3 Å². The molecule has 0 fully saturated rings. The first-order chi connectivity index (χ1) is 22.3. The molecule has 0 spiro atoms. The summed E-state index contributed by atoms with van der Waals surface area (Å²) in [5.41, 5.74) is 5.97. The first-order valence-corrected chi connectivity index (χ1v) is 17.0. The first kappa shape index (κ1) is 38.8. The van der Waals surface area contributed by atoms with Gasteiger partial charge in [-0.05, 0) is 60.1 Å². The summed E-state index contributed by atoms with van der Waals surface area (Å²) in [6.45, 7) is 18.7. The number of hydrogen-bond donors (Lipinski definition) is 1. The van der Waals surface area contributed by atoms with Crippen LogP contribution in [0.15, 0.2) is 97.0 Å². The van der Waals surface area contributed by atoms with Crippen molar-refractivity contribution in [2.45, 2.75) is 93.4 Å². The van der Waals surface area contributed by atoms with Gasteiger partial charge in [0.2, 0.25) is 0 Å². The molecule has 4 aromatic carbocycles. The van der Waals surface area contributed by atoms with Gasteiger partial charge in [-0.2, -0.15) is 0 Å². The second kappa shape index (κ2) is 16.2. The van der Waals surface area contributed by atoms with E-state index in [0.717, 1.165) is 53.2 Å². The van der Waals surface area contributed by atoms with E-state index in [2.05, 4.69) is 110 Å². The summed E-state index contributed by atoms with van der Waals surface area (Å²) in [6, 6.07) is 31.2. The number of ketones is 1. The number of carbonyl (C=O) groups excluding carboxylic acids is 1. The third kappa shape index (κ3) is 8.13. The zero-order valence-electron chi connectivity index (χ0n) is 30.1. The summed E-state index contributed by atoms with van der Waals surface area (Å²) in [5.74, 6) is 0.286. The van der Waals surface area contributed by atoms with Crippen molar-refractivity contribution < 1.29 is 30.0 Å². The number of benzene rings is 4. The van der Waals surface area contributed by atoms with Crippen LogP contribution in [0, 0.1) is 23.8 Å². The Morgan fingerprint density at radius 1 is 0.771 bits per heavy atom. The first-order valence-electron chi connectivity index (χ1n) is 17.0. The van der Waals surface area contributed by atoms with Gasteiger partial charge in [-0.3, -0.25) is 9.78 Å². The van der Waals surface area contributed by atoms with Gasteiger partial charge < -0.3 is 5.11 Å². The predicted octanol–water partition coefficient (Wildman–Crippen LogP) is 11.5. The molecule has 255 valence electrons. The fourth-order valence-corrected chi connectivity index (χ4v) is 5.89. The van der Waals surface area contributed by atoms with Gasteiger partial charge in [0.15, 0.2) is 5.78 Å². The van der Waals surface area contributed by atoms with Crippen LogP contribution in [0.3, 0.4) is 0 Å². The number of rotatable bonds is 10. The van der Waals surface area contributed by atoms with Crippen LogP contribution in [0.4, 0.5) is 0 Å². The average Bonchev–Trinajstić information content (AvgIpc) is 3.10. The van der Waals surface area contributed by atoms with Crippen molar-refractivity contribution in [2.24, 2.45) is 10.8 Å². The predicted molar refractivity (Wildman–Crippen MR) is 198 cm³/mol. The zero-order chi connectivity index (χ0) is 34.4. The van der Waals surface area contributed by atoms with Gasteiger partial charge in [0.1, 0.15) is 12.1 Å². The van der Waals surface area contributed by atoms with E-state index in [0.29, 0.717) is 0 Å². The minimum Gasteiger partial charge on any atom is -0.512 e. The van der Waals surface area contributed by atoms with Crippen molar-refractivity contribution in [3.05, 3.63) is 120 Å². The molecule has 5 rings (SSSR count). The molecule has 0 saturated heterocycles. The normalized spacial score (nSPS) is 12.3. The number of aliphatic hydroxyl groups excluding tert-OH is 1. The van der Waals surface area contributed by atoms with Crippen LogP contribution in [0.1, 0.15) is 97.8 Å². The third-order valence-corrected chi connectivity index (χ3v) is 10.7. The number of aromatic nitrogens is 2. The van der Waals surface area contributed by atoms with Gasteiger partial charge in [-0.1, -0.05) is 122 Å². The van der Waals surface area contributed by atoms with Crippen LogP contribution in [0.5, 0.6) is 0 Å². The summed E-state index contributed by atoms with van der Waals surface area (Å²) in [5, 5.41) is 13.5. The Morgan fingerprint density at radius 2 is 1.40 bits per heavy atom. The Hall–Kier alpha value is -3.66. The molecule has 0 aliphatic heterocycles. The Bertz CT molecular complexity index is 1870. The quantitative estimate of drug-likeness (QED) is 0.0660. The molecule has 4 nitrogen and oxygen atoms in total. The van der Waals surface area contributed by atoms with Gasteiger partial charge >= 0.3 is 0 Å². The topological polar surface area (TPSA) is 63.1 Å². The van der Waals surface area contributed by atoms with Crippen LogP contribution < -0.4 is 0 Å². The largest absolute Gasteiger partial charge is 0.512 e. The molecular weight excluding hydrogens is 769 g/mol. The van der Waals surface area contributed by atoms with E-state index >= 15 is 0 Å². The van der Waals surface area contributed by atoms with E-state index in [1.807, 2.05) is 47.6 Å². The molecule has 0 amide bonds. The van der Waals surface area contributed by atoms with Crippen LogP contribution in [-0.4, -0.2) is 20.9 Å². The second-order valence-corrected chi connectivity index (χ2v) is 13.8. The summed E-state index contributed by atoms with van der Waals surface area (Å²) in [7, 11) is 0. The summed E-state index contributed by atoms with van der Waals surface area (Å²) < 4.78 is 0. The average molecular weight is 820 g/mol. The number of aryl methyl sites for hydroxylation is 1.